The molecule has 2 aromatic heterocycles. The van der Waals surface area contributed by atoms with Gasteiger partial charge in [-0.1, -0.05) is 12.1 Å². The summed E-state index contributed by atoms with van der Waals surface area (Å²) in [6.45, 7) is 4.10. The molecule has 1 amide bonds. The van der Waals surface area contributed by atoms with Gasteiger partial charge in [0.25, 0.3) is 11.5 Å². The largest absolute Gasteiger partial charge is 0.343 e. The first kappa shape index (κ1) is 15.0. The molecule has 3 aromatic rings. The number of aromatic nitrogens is 4. The monoisotopic (exact) mass is 311 g/mol. The Morgan fingerprint density at radius 2 is 2.09 bits per heavy atom. The SMILES string of the molecule is CC(C)n1ccc(C(=O)NCc2nc3ccccc3c(=O)[nH]2)n1. The number of fused-ring (bicyclic) bond motifs is 1. The van der Waals surface area contributed by atoms with Crippen molar-refractivity contribution in [2.45, 2.75) is 26.4 Å². The van der Waals surface area contributed by atoms with Crippen LogP contribution in [0.25, 0.3) is 10.9 Å². The Kier molecular flexibility index (Phi) is 3.92. The predicted octanol–water partition coefficient (Wildman–Crippen LogP) is 1.63. The van der Waals surface area contributed by atoms with E-state index < -0.39 is 0 Å². The Balaban J connectivity index is 1.75. The molecule has 0 bridgehead atoms. The van der Waals surface area contributed by atoms with Gasteiger partial charge >= 0.3 is 0 Å². The second-order valence-corrected chi connectivity index (χ2v) is 5.49. The maximum absolute atomic E-state index is 12.1. The van der Waals surface area contributed by atoms with E-state index in [9.17, 15) is 9.59 Å². The van der Waals surface area contributed by atoms with Gasteiger partial charge in [-0.3, -0.25) is 14.3 Å². The lowest BCUT2D eigenvalue weighted by Crippen LogP contribution is -2.26. The van der Waals surface area contributed by atoms with Crippen molar-refractivity contribution in [1.82, 2.24) is 25.1 Å². The van der Waals surface area contributed by atoms with Gasteiger partial charge in [0.05, 0.1) is 17.4 Å². The molecule has 23 heavy (non-hydrogen) atoms. The zero-order valence-electron chi connectivity index (χ0n) is 12.9. The number of nitrogens with one attached hydrogen (secondary N) is 2. The highest BCUT2D eigenvalue weighted by atomic mass is 16.2. The Morgan fingerprint density at radius 1 is 1.30 bits per heavy atom. The van der Waals surface area contributed by atoms with Crippen molar-refractivity contribution in [3.63, 3.8) is 0 Å². The van der Waals surface area contributed by atoms with Crippen molar-refractivity contribution in [2.24, 2.45) is 0 Å². The highest BCUT2D eigenvalue weighted by molar-refractivity contribution is 5.92. The quantitative estimate of drug-likeness (QED) is 0.766. The summed E-state index contributed by atoms with van der Waals surface area (Å²) in [5.41, 5.74) is 0.718. The Morgan fingerprint density at radius 3 is 2.83 bits per heavy atom. The molecule has 0 aliphatic carbocycles. The summed E-state index contributed by atoms with van der Waals surface area (Å²) in [6, 6.07) is 8.92. The average molecular weight is 311 g/mol. The Bertz CT molecular complexity index is 910. The number of rotatable bonds is 4. The fourth-order valence-corrected chi connectivity index (χ4v) is 2.22. The lowest BCUT2D eigenvalue weighted by molar-refractivity contribution is 0.0944. The van der Waals surface area contributed by atoms with Crippen LogP contribution in [0.4, 0.5) is 0 Å². The van der Waals surface area contributed by atoms with Crippen LogP contribution in [0.5, 0.6) is 0 Å². The molecule has 0 aliphatic heterocycles. The van der Waals surface area contributed by atoms with Gasteiger partial charge in [0.1, 0.15) is 11.5 Å². The smallest absolute Gasteiger partial charge is 0.272 e. The van der Waals surface area contributed by atoms with E-state index in [2.05, 4.69) is 20.4 Å². The van der Waals surface area contributed by atoms with E-state index in [1.807, 2.05) is 19.9 Å². The van der Waals surface area contributed by atoms with E-state index in [-0.39, 0.29) is 24.1 Å². The first-order valence-electron chi connectivity index (χ1n) is 7.36. The normalized spacial score (nSPS) is 11.1. The van der Waals surface area contributed by atoms with Crippen molar-refractivity contribution in [3.05, 3.63) is 58.4 Å². The Labute approximate surface area is 132 Å². The van der Waals surface area contributed by atoms with Gasteiger partial charge < -0.3 is 10.3 Å². The van der Waals surface area contributed by atoms with Gasteiger partial charge in [-0.2, -0.15) is 5.10 Å². The second-order valence-electron chi connectivity index (χ2n) is 5.49. The van der Waals surface area contributed by atoms with Crippen LogP contribution >= 0.6 is 0 Å². The molecule has 0 unspecified atom stereocenters. The van der Waals surface area contributed by atoms with Crippen LogP contribution in [0, 0.1) is 0 Å². The van der Waals surface area contributed by atoms with Gasteiger partial charge in [0.2, 0.25) is 0 Å². The number of para-hydroxylation sites is 1. The highest BCUT2D eigenvalue weighted by Crippen LogP contribution is 2.06. The maximum Gasteiger partial charge on any atom is 0.272 e. The van der Waals surface area contributed by atoms with Crippen LogP contribution in [0.2, 0.25) is 0 Å². The van der Waals surface area contributed by atoms with E-state index in [0.29, 0.717) is 22.4 Å². The molecular formula is C16H17N5O2. The summed E-state index contributed by atoms with van der Waals surface area (Å²) in [7, 11) is 0. The van der Waals surface area contributed by atoms with Crippen LogP contribution < -0.4 is 10.9 Å². The molecule has 0 radical (unpaired) electrons. The fourth-order valence-electron chi connectivity index (χ4n) is 2.22. The van der Waals surface area contributed by atoms with E-state index in [1.54, 1.807) is 35.1 Å². The van der Waals surface area contributed by atoms with E-state index in [1.165, 1.54) is 0 Å². The number of aromatic amines is 1. The fraction of sp³-hybridized carbons (Fsp3) is 0.250. The minimum absolute atomic E-state index is 0.132. The Hall–Kier alpha value is -2.96. The molecule has 118 valence electrons. The summed E-state index contributed by atoms with van der Waals surface area (Å²) in [6.07, 6.45) is 1.76. The lowest BCUT2D eigenvalue weighted by atomic mass is 10.2. The molecule has 7 nitrogen and oxygen atoms in total. The molecule has 0 atom stereocenters. The van der Waals surface area contributed by atoms with Crippen molar-refractivity contribution in [3.8, 4) is 0 Å². The topological polar surface area (TPSA) is 92.7 Å². The van der Waals surface area contributed by atoms with Crippen LogP contribution in [-0.2, 0) is 6.54 Å². The summed E-state index contributed by atoms with van der Waals surface area (Å²) < 4.78 is 1.71. The molecule has 0 aliphatic rings. The van der Waals surface area contributed by atoms with Crippen molar-refractivity contribution >= 4 is 16.8 Å². The zero-order valence-corrected chi connectivity index (χ0v) is 12.9. The number of H-pyrrole nitrogens is 1. The number of carbonyl (C=O) groups excluding carboxylic acids is 1. The second kappa shape index (κ2) is 6.04. The standard InChI is InChI=1S/C16H17N5O2/c1-10(2)21-8-7-13(20-21)16(23)17-9-14-18-12-6-4-3-5-11(12)15(22)19-14/h3-8,10H,9H2,1-2H3,(H,17,23)(H,18,19,22). The van der Waals surface area contributed by atoms with Gasteiger partial charge in [-0.05, 0) is 32.0 Å². The third-order valence-electron chi connectivity index (χ3n) is 3.45. The summed E-state index contributed by atoms with van der Waals surface area (Å²) in [5.74, 6) is 0.102. The van der Waals surface area contributed by atoms with Gasteiger partial charge in [-0.25, -0.2) is 4.98 Å². The molecule has 0 saturated carbocycles. The average Bonchev–Trinajstić information content (AvgIpc) is 3.03. The van der Waals surface area contributed by atoms with E-state index in [0.717, 1.165) is 0 Å². The molecular weight excluding hydrogens is 294 g/mol. The number of amides is 1. The predicted molar refractivity (Wildman–Crippen MR) is 86.1 cm³/mol. The zero-order chi connectivity index (χ0) is 16.4. The molecule has 0 fully saturated rings. The molecule has 7 heteroatoms. The van der Waals surface area contributed by atoms with Crippen molar-refractivity contribution in [1.29, 1.82) is 0 Å². The minimum Gasteiger partial charge on any atom is -0.343 e. The number of benzene rings is 1. The molecule has 0 saturated heterocycles. The van der Waals surface area contributed by atoms with Gasteiger partial charge in [0.15, 0.2) is 0 Å². The van der Waals surface area contributed by atoms with Crippen molar-refractivity contribution in [2.75, 3.05) is 0 Å². The van der Waals surface area contributed by atoms with Crippen LogP contribution in [0.3, 0.4) is 0 Å². The minimum atomic E-state index is -0.305. The first-order chi connectivity index (χ1) is 11.0. The number of nitrogens with zero attached hydrogens (tertiary/aromatic N) is 3. The van der Waals surface area contributed by atoms with Crippen LogP contribution in [-0.4, -0.2) is 25.7 Å². The molecule has 1 aromatic carbocycles. The first-order valence-corrected chi connectivity index (χ1v) is 7.36. The number of hydrogen-bond donors (Lipinski definition) is 2. The number of hydrogen-bond acceptors (Lipinski definition) is 4. The summed E-state index contributed by atoms with van der Waals surface area (Å²) in [4.78, 5) is 31.1. The van der Waals surface area contributed by atoms with E-state index >= 15 is 0 Å². The number of carbonyl (C=O) groups is 1. The van der Waals surface area contributed by atoms with Gasteiger partial charge in [-0.15, -0.1) is 0 Å². The lowest BCUT2D eigenvalue weighted by Gasteiger charge is -2.05. The summed E-state index contributed by atoms with van der Waals surface area (Å²) in [5, 5.41) is 7.44. The van der Waals surface area contributed by atoms with Crippen LogP contribution in [0.15, 0.2) is 41.3 Å². The van der Waals surface area contributed by atoms with Crippen molar-refractivity contribution < 1.29 is 4.79 Å². The van der Waals surface area contributed by atoms with E-state index in [4.69, 9.17) is 0 Å². The molecule has 3 rings (SSSR count). The van der Waals surface area contributed by atoms with Crippen LogP contribution in [0.1, 0.15) is 36.2 Å². The molecule has 2 heterocycles. The molecule has 0 spiro atoms. The molecule has 2 N–H and O–H groups in total. The third kappa shape index (κ3) is 3.13. The highest BCUT2D eigenvalue weighted by Gasteiger charge is 2.11. The third-order valence-corrected chi connectivity index (χ3v) is 3.45. The maximum atomic E-state index is 12.1. The summed E-state index contributed by atoms with van der Waals surface area (Å²) >= 11 is 0. The van der Waals surface area contributed by atoms with Gasteiger partial charge in [0, 0.05) is 12.2 Å².